The summed E-state index contributed by atoms with van der Waals surface area (Å²) in [6.45, 7) is 6.41. The van der Waals surface area contributed by atoms with E-state index in [-0.39, 0.29) is 5.91 Å². The number of imidazole rings is 1. The second-order valence-corrected chi connectivity index (χ2v) is 8.76. The van der Waals surface area contributed by atoms with Gasteiger partial charge in [0.15, 0.2) is 5.65 Å². The molecule has 0 aliphatic carbocycles. The van der Waals surface area contributed by atoms with E-state index in [1.165, 1.54) is 0 Å². The maximum absolute atomic E-state index is 12.2. The zero-order valence-electron chi connectivity index (χ0n) is 18.5. The average molecular weight is 422 g/mol. The summed E-state index contributed by atoms with van der Waals surface area (Å²) in [6.07, 6.45) is 7.08. The lowest BCUT2D eigenvalue weighted by Gasteiger charge is -2.29. The van der Waals surface area contributed by atoms with Gasteiger partial charge in [-0.05, 0) is 69.6 Å². The van der Waals surface area contributed by atoms with E-state index >= 15 is 0 Å². The Morgan fingerprint density at radius 3 is 2.74 bits per heavy atom. The fourth-order valence-electron chi connectivity index (χ4n) is 3.79. The molecule has 0 aromatic carbocycles. The molecule has 0 saturated carbocycles. The first-order chi connectivity index (χ1) is 15.0. The van der Waals surface area contributed by atoms with Crippen molar-refractivity contribution in [2.24, 2.45) is 5.92 Å². The van der Waals surface area contributed by atoms with Gasteiger partial charge >= 0.3 is 0 Å². The van der Waals surface area contributed by atoms with Gasteiger partial charge in [-0.2, -0.15) is 0 Å². The van der Waals surface area contributed by atoms with Gasteiger partial charge in [0.2, 0.25) is 5.91 Å². The predicted molar refractivity (Wildman–Crippen MR) is 123 cm³/mol. The van der Waals surface area contributed by atoms with Crippen molar-refractivity contribution in [2.75, 3.05) is 30.8 Å². The van der Waals surface area contributed by atoms with Gasteiger partial charge in [0, 0.05) is 24.2 Å². The Balaban J connectivity index is 1.52. The van der Waals surface area contributed by atoms with Crippen molar-refractivity contribution in [3.05, 3.63) is 36.7 Å². The minimum atomic E-state index is -0.0146. The van der Waals surface area contributed by atoms with Crippen molar-refractivity contribution < 1.29 is 4.79 Å². The van der Waals surface area contributed by atoms with Crippen molar-refractivity contribution in [3.63, 3.8) is 0 Å². The number of piperidine rings is 1. The highest BCUT2D eigenvalue weighted by Crippen LogP contribution is 2.23. The van der Waals surface area contributed by atoms with Crippen molar-refractivity contribution in [1.82, 2.24) is 24.5 Å². The predicted octanol–water partition coefficient (Wildman–Crippen LogP) is 3.67. The molecule has 8 heteroatoms. The van der Waals surface area contributed by atoms with Crippen molar-refractivity contribution >= 4 is 23.2 Å². The molecule has 0 radical (unpaired) electrons. The second kappa shape index (κ2) is 9.43. The summed E-state index contributed by atoms with van der Waals surface area (Å²) < 4.78 is 1.84. The van der Waals surface area contributed by atoms with Gasteiger partial charge in [0.25, 0.3) is 0 Å². The highest BCUT2D eigenvalue weighted by Gasteiger charge is 2.17. The zero-order valence-corrected chi connectivity index (χ0v) is 18.5. The van der Waals surface area contributed by atoms with Crippen LogP contribution in [0.2, 0.25) is 0 Å². The molecule has 164 valence electrons. The van der Waals surface area contributed by atoms with Crippen LogP contribution in [0.15, 0.2) is 36.7 Å². The molecular weight excluding hydrogens is 390 g/mol. The molecule has 0 bridgehead atoms. The monoisotopic (exact) mass is 421 g/mol. The van der Waals surface area contributed by atoms with E-state index in [9.17, 15) is 4.79 Å². The van der Waals surface area contributed by atoms with Gasteiger partial charge < -0.3 is 15.5 Å². The molecule has 0 unspecified atom stereocenters. The highest BCUT2D eigenvalue weighted by atomic mass is 16.1. The molecule has 31 heavy (non-hydrogen) atoms. The third-order valence-electron chi connectivity index (χ3n) is 5.70. The average Bonchev–Trinajstić information content (AvgIpc) is 3.17. The van der Waals surface area contributed by atoms with Crippen molar-refractivity contribution in [2.45, 2.75) is 45.6 Å². The zero-order chi connectivity index (χ0) is 21.8. The van der Waals surface area contributed by atoms with E-state index in [1.54, 1.807) is 12.4 Å². The highest BCUT2D eigenvalue weighted by molar-refractivity contribution is 5.90. The summed E-state index contributed by atoms with van der Waals surface area (Å²) in [6, 6.07) is 8.17. The van der Waals surface area contributed by atoms with Crippen LogP contribution in [0.25, 0.3) is 16.9 Å². The van der Waals surface area contributed by atoms with Crippen molar-refractivity contribution in [3.8, 4) is 11.3 Å². The lowest BCUT2D eigenvalue weighted by atomic mass is 10.1. The molecule has 8 nitrogen and oxygen atoms in total. The lowest BCUT2D eigenvalue weighted by molar-refractivity contribution is -0.116. The van der Waals surface area contributed by atoms with E-state index in [1.807, 2.05) is 28.8 Å². The molecule has 0 spiro atoms. The number of carbonyl (C=O) groups excluding carboxylic acids is 1. The molecule has 1 aliphatic heterocycles. The Kier molecular flexibility index (Phi) is 6.46. The molecular formula is C23H31N7O. The maximum Gasteiger partial charge on any atom is 0.225 e. The third-order valence-corrected chi connectivity index (χ3v) is 5.70. The number of anilines is 2. The Hall–Kier alpha value is -3.00. The Labute approximate surface area is 183 Å². The van der Waals surface area contributed by atoms with Gasteiger partial charge in [-0.25, -0.2) is 14.5 Å². The number of hydrogen-bond donors (Lipinski definition) is 2. The standard InChI is InChI=1S/C23H31N7O/c1-16(2)4-7-23(31)27-21-14-17(8-11-24-21)19-15-25-22-6-5-20(28-30(19)22)26-18-9-12-29(3)13-10-18/h5-6,8,11,14-16,18H,4,7,9-10,12-13H2,1-3H3,(H,26,28)(H,24,27,31). The van der Waals surface area contributed by atoms with Crippen LogP contribution in [-0.4, -0.2) is 56.6 Å². The smallest absolute Gasteiger partial charge is 0.225 e. The first kappa shape index (κ1) is 21.2. The minimum absolute atomic E-state index is 0.0146. The maximum atomic E-state index is 12.2. The van der Waals surface area contributed by atoms with Gasteiger partial charge in [-0.1, -0.05) is 13.8 Å². The molecule has 3 aromatic rings. The summed E-state index contributed by atoms with van der Waals surface area (Å²) in [7, 11) is 2.16. The molecule has 4 rings (SSSR count). The summed E-state index contributed by atoms with van der Waals surface area (Å²) in [4.78, 5) is 23.3. The quantitative estimate of drug-likeness (QED) is 0.605. The van der Waals surface area contributed by atoms with Crippen LogP contribution >= 0.6 is 0 Å². The van der Waals surface area contributed by atoms with Crippen LogP contribution in [0.1, 0.15) is 39.5 Å². The lowest BCUT2D eigenvalue weighted by Crippen LogP contribution is -2.36. The number of nitrogens with zero attached hydrogens (tertiary/aromatic N) is 5. The fraction of sp³-hybridized carbons (Fsp3) is 0.478. The van der Waals surface area contributed by atoms with Gasteiger partial charge in [-0.3, -0.25) is 4.79 Å². The van der Waals surface area contributed by atoms with Crippen LogP contribution in [-0.2, 0) is 4.79 Å². The van der Waals surface area contributed by atoms with Gasteiger partial charge in [-0.15, -0.1) is 5.10 Å². The summed E-state index contributed by atoms with van der Waals surface area (Å²) in [5, 5.41) is 11.3. The van der Waals surface area contributed by atoms with Crippen molar-refractivity contribution in [1.29, 1.82) is 0 Å². The number of pyridine rings is 1. The van der Waals surface area contributed by atoms with Crippen LogP contribution < -0.4 is 10.6 Å². The minimum Gasteiger partial charge on any atom is -0.366 e. The molecule has 3 aromatic heterocycles. The van der Waals surface area contributed by atoms with E-state index in [0.717, 1.165) is 55.1 Å². The molecule has 2 N–H and O–H groups in total. The Morgan fingerprint density at radius 1 is 1.16 bits per heavy atom. The number of fused-ring (bicyclic) bond motifs is 1. The molecule has 0 atom stereocenters. The SMILES string of the molecule is CC(C)CCC(=O)Nc1cc(-c2cnc3ccc(NC4CCN(C)CC4)nn23)ccn1. The molecule has 1 fully saturated rings. The molecule has 1 saturated heterocycles. The van der Waals surface area contributed by atoms with E-state index in [2.05, 4.69) is 46.4 Å². The van der Waals surface area contributed by atoms with Gasteiger partial charge in [0.05, 0.1) is 11.9 Å². The van der Waals surface area contributed by atoms with E-state index in [0.29, 0.717) is 24.2 Å². The number of hydrogen-bond acceptors (Lipinski definition) is 6. The summed E-state index contributed by atoms with van der Waals surface area (Å²) in [5.41, 5.74) is 2.55. The molecule has 1 amide bonds. The third kappa shape index (κ3) is 5.38. The van der Waals surface area contributed by atoms with Crippen LogP contribution in [0.3, 0.4) is 0 Å². The number of likely N-dealkylation sites (tertiary alicyclic amines) is 1. The van der Waals surface area contributed by atoms with Crippen LogP contribution in [0, 0.1) is 5.92 Å². The van der Waals surface area contributed by atoms with E-state index < -0.39 is 0 Å². The summed E-state index contributed by atoms with van der Waals surface area (Å²) in [5.74, 6) is 1.87. The van der Waals surface area contributed by atoms with E-state index in [4.69, 9.17) is 5.10 Å². The van der Waals surface area contributed by atoms with Gasteiger partial charge in [0.1, 0.15) is 11.6 Å². The molecule has 4 heterocycles. The number of aromatic nitrogens is 4. The second-order valence-electron chi connectivity index (χ2n) is 8.76. The number of nitrogens with one attached hydrogen (secondary N) is 2. The number of amides is 1. The van der Waals surface area contributed by atoms with Crippen LogP contribution in [0.5, 0.6) is 0 Å². The summed E-state index contributed by atoms with van der Waals surface area (Å²) >= 11 is 0. The Morgan fingerprint density at radius 2 is 1.97 bits per heavy atom. The fourth-order valence-corrected chi connectivity index (χ4v) is 3.79. The number of rotatable bonds is 7. The largest absolute Gasteiger partial charge is 0.366 e. The van der Waals surface area contributed by atoms with Crippen LogP contribution in [0.4, 0.5) is 11.6 Å². The first-order valence-corrected chi connectivity index (χ1v) is 11.0. The first-order valence-electron chi connectivity index (χ1n) is 11.0. The number of carbonyl (C=O) groups is 1. The topological polar surface area (TPSA) is 87.5 Å². The normalized spacial score (nSPS) is 15.5. The molecule has 1 aliphatic rings. The Bertz CT molecular complexity index is 1040.